The van der Waals surface area contributed by atoms with E-state index in [2.05, 4.69) is 17.1 Å². The molecule has 1 amide bonds. The molecule has 1 aliphatic rings. The lowest BCUT2D eigenvalue weighted by molar-refractivity contribution is -0.120. The van der Waals surface area contributed by atoms with Crippen LogP contribution in [0.25, 0.3) is 5.69 Å². The van der Waals surface area contributed by atoms with Crippen LogP contribution in [0.3, 0.4) is 0 Å². The van der Waals surface area contributed by atoms with Crippen LogP contribution in [-0.4, -0.2) is 15.7 Å². The number of carbonyl (C=O) groups is 1. The van der Waals surface area contributed by atoms with Crippen LogP contribution in [0.15, 0.2) is 95.9 Å². The van der Waals surface area contributed by atoms with E-state index in [0.29, 0.717) is 28.3 Å². The van der Waals surface area contributed by atoms with Crippen LogP contribution >= 0.6 is 0 Å². The molecule has 2 heterocycles. The number of halogens is 2. The van der Waals surface area contributed by atoms with Gasteiger partial charge in [-0.15, -0.1) is 0 Å². The number of aromatic amines is 1. The quantitative estimate of drug-likeness (QED) is 0.447. The zero-order valence-corrected chi connectivity index (χ0v) is 18.8. The summed E-state index contributed by atoms with van der Waals surface area (Å²) in [5.74, 6) is -2.59. The lowest BCUT2D eigenvalue weighted by atomic mass is 9.79. The number of hydrazine groups is 1. The van der Waals surface area contributed by atoms with Crippen LogP contribution in [0.5, 0.6) is 0 Å². The Morgan fingerprint density at radius 3 is 2.03 bits per heavy atom. The summed E-state index contributed by atoms with van der Waals surface area (Å²) in [7, 11) is 0. The SMILES string of the molecule is C=C1NN(c2ccc(F)cc2)C(=O)C1C(c1ccccc1)c1c(C)[nH]n(-c2ccc(F)cc2)c1=O. The molecule has 6 nitrogen and oxygen atoms in total. The predicted molar refractivity (Wildman–Crippen MR) is 129 cm³/mol. The monoisotopic (exact) mass is 472 g/mol. The Labute approximate surface area is 200 Å². The minimum Gasteiger partial charge on any atom is -0.295 e. The topological polar surface area (TPSA) is 70.1 Å². The molecule has 8 heteroatoms. The molecular formula is C27H22F2N4O2. The third kappa shape index (κ3) is 3.93. The molecule has 0 aliphatic carbocycles. The van der Waals surface area contributed by atoms with Crippen molar-refractivity contribution in [2.75, 3.05) is 5.01 Å². The molecule has 0 bridgehead atoms. The molecule has 0 radical (unpaired) electrons. The summed E-state index contributed by atoms with van der Waals surface area (Å²) in [6.07, 6.45) is 0. The zero-order valence-electron chi connectivity index (χ0n) is 18.8. The van der Waals surface area contributed by atoms with Crippen molar-refractivity contribution in [3.63, 3.8) is 0 Å². The number of aromatic nitrogens is 2. The number of amides is 1. The molecule has 5 rings (SSSR count). The lowest BCUT2D eigenvalue weighted by Crippen LogP contribution is -2.35. The second-order valence-corrected chi connectivity index (χ2v) is 8.42. The van der Waals surface area contributed by atoms with Gasteiger partial charge in [0.25, 0.3) is 11.5 Å². The van der Waals surface area contributed by atoms with E-state index in [1.165, 1.54) is 58.2 Å². The van der Waals surface area contributed by atoms with E-state index < -0.39 is 23.5 Å². The highest BCUT2D eigenvalue weighted by Gasteiger charge is 2.44. The predicted octanol–water partition coefficient (Wildman–Crippen LogP) is 4.57. The standard InChI is InChI=1S/C27H22F2N4O2/c1-16-23(26(34)32(30-16)21-12-8-19(28)9-13-21)25(18-6-4-3-5-7-18)24-17(2)31-33(27(24)35)22-14-10-20(29)11-15-22/h3-15,23,25,30-31H,1H2,2H3. The summed E-state index contributed by atoms with van der Waals surface area (Å²) in [6.45, 7) is 5.84. The van der Waals surface area contributed by atoms with Crippen molar-refractivity contribution < 1.29 is 13.6 Å². The molecule has 35 heavy (non-hydrogen) atoms. The summed E-state index contributed by atoms with van der Waals surface area (Å²) in [4.78, 5) is 27.3. The molecule has 1 fully saturated rings. The summed E-state index contributed by atoms with van der Waals surface area (Å²) >= 11 is 0. The Morgan fingerprint density at radius 1 is 0.857 bits per heavy atom. The molecule has 176 valence electrons. The van der Waals surface area contributed by atoms with Crippen LogP contribution in [-0.2, 0) is 4.79 Å². The molecule has 1 aliphatic heterocycles. The second kappa shape index (κ2) is 8.72. The summed E-state index contributed by atoms with van der Waals surface area (Å²) in [5.41, 5.74) is 5.75. The fraction of sp³-hybridized carbons (Fsp3) is 0.111. The maximum atomic E-state index is 13.7. The summed E-state index contributed by atoms with van der Waals surface area (Å²) in [6, 6.07) is 20.4. The van der Waals surface area contributed by atoms with Crippen LogP contribution in [0, 0.1) is 24.5 Å². The Kier molecular flexibility index (Phi) is 5.56. The van der Waals surface area contributed by atoms with Crippen molar-refractivity contribution in [1.29, 1.82) is 0 Å². The van der Waals surface area contributed by atoms with E-state index in [9.17, 15) is 18.4 Å². The van der Waals surface area contributed by atoms with Crippen LogP contribution in [0.2, 0.25) is 0 Å². The average Bonchev–Trinajstić information content (AvgIpc) is 3.31. The molecule has 0 saturated carbocycles. The van der Waals surface area contributed by atoms with Crippen LogP contribution < -0.4 is 16.0 Å². The molecule has 1 aromatic heterocycles. The van der Waals surface area contributed by atoms with Gasteiger partial charge in [-0.3, -0.25) is 20.1 Å². The first-order valence-electron chi connectivity index (χ1n) is 11.0. The van der Waals surface area contributed by atoms with Gasteiger partial charge in [-0.05, 0) is 61.0 Å². The van der Waals surface area contributed by atoms with Crippen LogP contribution in [0.4, 0.5) is 14.5 Å². The minimum absolute atomic E-state index is 0.316. The number of nitrogens with one attached hydrogen (secondary N) is 2. The summed E-state index contributed by atoms with van der Waals surface area (Å²) < 4.78 is 28.2. The van der Waals surface area contributed by atoms with Crippen molar-refractivity contribution in [1.82, 2.24) is 15.2 Å². The highest BCUT2D eigenvalue weighted by molar-refractivity contribution is 5.99. The van der Waals surface area contributed by atoms with Gasteiger partial charge in [0, 0.05) is 22.9 Å². The molecule has 1 saturated heterocycles. The third-order valence-electron chi connectivity index (χ3n) is 6.21. The number of carbonyl (C=O) groups excluding carboxylic acids is 1. The van der Waals surface area contributed by atoms with Gasteiger partial charge in [0.15, 0.2) is 0 Å². The van der Waals surface area contributed by atoms with E-state index in [0.717, 1.165) is 5.56 Å². The molecule has 4 aromatic rings. The second-order valence-electron chi connectivity index (χ2n) is 8.42. The van der Waals surface area contributed by atoms with E-state index >= 15 is 0 Å². The zero-order chi connectivity index (χ0) is 24.7. The number of aryl methyl sites for hydroxylation is 1. The van der Waals surface area contributed by atoms with E-state index in [-0.39, 0.29) is 11.5 Å². The number of anilines is 1. The minimum atomic E-state index is -0.800. The first kappa shape index (κ1) is 22.3. The number of rotatable bonds is 5. The Balaban J connectivity index is 1.63. The van der Waals surface area contributed by atoms with Gasteiger partial charge >= 0.3 is 0 Å². The fourth-order valence-electron chi connectivity index (χ4n) is 4.57. The van der Waals surface area contributed by atoms with Gasteiger partial charge in [-0.25, -0.2) is 18.5 Å². The molecule has 3 aromatic carbocycles. The third-order valence-corrected chi connectivity index (χ3v) is 6.21. The van der Waals surface area contributed by atoms with Gasteiger partial charge in [-0.1, -0.05) is 36.9 Å². The van der Waals surface area contributed by atoms with Crippen molar-refractivity contribution >= 4 is 11.6 Å². The first-order chi connectivity index (χ1) is 16.8. The van der Waals surface area contributed by atoms with E-state index in [4.69, 9.17) is 0 Å². The maximum Gasteiger partial charge on any atom is 0.275 e. The lowest BCUT2D eigenvalue weighted by Gasteiger charge is -2.22. The van der Waals surface area contributed by atoms with Gasteiger partial charge in [0.05, 0.1) is 17.3 Å². The number of nitrogens with zero attached hydrogens (tertiary/aromatic N) is 2. The van der Waals surface area contributed by atoms with Gasteiger partial charge in [-0.2, -0.15) is 0 Å². The Hall–Kier alpha value is -4.46. The van der Waals surface area contributed by atoms with Crippen molar-refractivity contribution in [2.24, 2.45) is 5.92 Å². The van der Waals surface area contributed by atoms with E-state index in [1.54, 1.807) is 6.92 Å². The molecule has 2 atom stereocenters. The highest BCUT2D eigenvalue weighted by Crippen LogP contribution is 2.40. The van der Waals surface area contributed by atoms with E-state index in [1.807, 2.05) is 30.3 Å². The molecule has 2 unspecified atom stereocenters. The van der Waals surface area contributed by atoms with Crippen LogP contribution in [0.1, 0.15) is 22.7 Å². The van der Waals surface area contributed by atoms with Gasteiger partial charge in [0.1, 0.15) is 11.6 Å². The maximum absolute atomic E-state index is 13.7. The highest BCUT2D eigenvalue weighted by atomic mass is 19.1. The average molecular weight is 472 g/mol. The molecule has 2 N–H and O–H groups in total. The largest absolute Gasteiger partial charge is 0.295 e. The Morgan fingerprint density at radius 2 is 1.43 bits per heavy atom. The Bertz CT molecular complexity index is 1460. The smallest absolute Gasteiger partial charge is 0.275 e. The first-order valence-corrected chi connectivity index (χ1v) is 11.0. The number of benzene rings is 3. The number of hydrogen-bond acceptors (Lipinski definition) is 3. The van der Waals surface area contributed by atoms with Gasteiger partial charge < -0.3 is 0 Å². The fourth-order valence-corrected chi connectivity index (χ4v) is 4.57. The van der Waals surface area contributed by atoms with Crippen molar-refractivity contribution in [2.45, 2.75) is 12.8 Å². The number of hydrogen-bond donors (Lipinski definition) is 2. The molecular weight excluding hydrogens is 450 g/mol. The molecule has 0 spiro atoms. The van der Waals surface area contributed by atoms with Crippen molar-refractivity contribution in [3.8, 4) is 5.69 Å². The van der Waals surface area contributed by atoms with Crippen molar-refractivity contribution in [3.05, 3.63) is 130 Å². The summed E-state index contributed by atoms with van der Waals surface area (Å²) in [5, 5.41) is 4.39. The normalized spacial score (nSPS) is 16.4. The number of H-pyrrole nitrogens is 1. The van der Waals surface area contributed by atoms with Gasteiger partial charge in [0.2, 0.25) is 0 Å².